The van der Waals surface area contributed by atoms with Crippen LogP contribution in [0.15, 0.2) is 54.7 Å². The molecule has 0 saturated carbocycles. The van der Waals surface area contributed by atoms with E-state index in [0.717, 1.165) is 22.0 Å². The summed E-state index contributed by atoms with van der Waals surface area (Å²) in [4.78, 5) is 15.3. The number of H-pyrrole nitrogens is 1. The van der Waals surface area contributed by atoms with Crippen LogP contribution in [0.2, 0.25) is 0 Å². The number of aliphatic hydroxyl groups is 1. The number of benzene rings is 2. The van der Waals surface area contributed by atoms with E-state index in [0.29, 0.717) is 6.42 Å². The molecule has 0 aliphatic carbocycles. The zero-order valence-electron chi connectivity index (χ0n) is 13.0. The Morgan fingerprint density at radius 1 is 1.22 bits per heavy atom. The molecule has 0 bridgehead atoms. The topological polar surface area (TPSA) is 65.1 Å². The molecule has 1 aromatic heterocycles. The van der Waals surface area contributed by atoms with E-state index in [-0.39, 0.29) is 12.5 Å². The van der Waals surface area contributed by atoms with Crippen molar-refractivity contribution in [1.29, 1.82) is 0 Å². The summed E-state index contributed by atoms with van der Waals surface area (Å²) in [6, 6.07) is 15.5. The SMILES string of the molecule is Cc1ccc2c(CC(=O)NCC(O)c3ccccc3)c[nH]c2c1. The van der Waals surface area contributed by atoms with E-state index in [9.17, 15) is 9.90 Å². The van der Waals surface area contributed by atoms with Gasteiger partial charge in [-0.2, -0.15) is 0 Å². The Hall–Kier alpha value is -2.59. The number of carbonyl (C=O) groups excluding carboxylic acids is 1. The van der Waals surface area contributed by atoms with Crippen molar-refractivity contribution in [3.05, 3.63) is 71.4 Å². The van der Waals surface area contributed by atoms with Crippen molar-refractivity contribution >= 4 is 16.8 Å². The molecule has 1 atom stereocenters. The molecule has 1 unspecified atom stereocenters. The molecule has 0 aliphatic rings. The Kier molecular flexibility index (Phi) is 4.44. The minimum absolute atomic E-state index is 0.0959. The van der Waals surface area contributed by atoms with Crippen molar-refractivity contribution in [2.45, 2.75) is 19.4 Å². The summed E-state index contributed by atoms with van der Waals surface area (Å²) in [5.41, 5.74) is 3.99. The van der Waals surface area contributed by atoms with Crippen molar-refractivity contribution < 1.29 is 9.90 Å². The highest BCUT2D eigenvalue weighted by Gasteiger charge is 2.11. The second-order valence-corrected chi connectivity index (χ2v) is 5.77. The van der Waals surface area contributed by atoms with Gasteiger partial charge in [0.25, 0.3) is 0 Å². The van der Waals surface area contributed by atoms with Crippen LogP contribution in [0, 0.1) is 6.92 Å². The molecule has 23 heavy (non-hydrogen) atoms. The third kappa shape index (κ3) is 3.60. The van der Waals surface area contributed by atoms with Gasteiger partial charge in [0, 0.05) is 23.6 Å². The van der Waals surface area contributed by atoms with Crippen LogP contribution in [0.25, 0.3) is 10.9 Å². The van der Waals surface area contributed by atoms with Crippen LogP contribution in [0.1, 0.15) is 22.8 Å². The first-order valence-corrected chi connectivity index (χ1v) is 7.70. The fraction of sp³-hybridized carbons (Fsp3) is 0.211. The molecule has 1 amide bonds. The van der Waals surface area contributed by atoms with Gasteiger partial charge in [-0.05, 0) is 29.7 Å². The molecule has 2 aromatic carbocycles. The molecule has 3 N–H and O–H groups in total. The largest absolute Gasteiger partial charge is 0.387 e. The first-order valence-electron chi connectivity index (χ1n) is 7.70. The predicted molar refractivity (Wildman–Crippen MR) is 91.2 cm³/mol. The van der Waals surface area contributed by atoms with E-state index >= 15 is 0 Å². The van der Waals surface area contributed by atoms with Crippen LogP contribution in [-0.2, 0) is 11.2 Å². The monoisotopic (exact) mass is 308 g/mol. The minimum atomic E-state index is -0.689. The summed E-state index contributed by atoms with van der Waals surface area (Å²) < 4.78 is 0. The molecule has 0 fully saturated rings. The Morgan fingerprint density at radius 3 is 2.78 bits per heavy atom. The number of aromatic nitrogens is 1. The molecule has 0 aliphatic heterocycles. The van der Waals surface area contributed by atoms with Crippen molar-refractivity contribution in [3.8, 4) is 0 Å². The highest BCUT2D eigenvalue weighted by atomic mass is 16.3. The van der Waals surface area contributed by atoms with Crippen LogP contribution in [-0.4, -0.2) is 22.5 Å². The number of fused-ring (bicyclic) bond motifs is 1. The summed E-state index contributed by atoms with van der Waals surface area (Å²) in [5.74, 6) is -0.0959. The lowest BCUT2D eigenvalue weighted by Crippen LogP contribution is -2.29. The Bertz CT molecular complexity index is 809. The maximum atomic E-state index is 12.1. The van der Waals surface area contributed by atoms with E-state index in [1.807, 2.05) is 55.6 Å². The molecule has 0 saturated heterocycles. The third-order valence-electron chi connectivity index (χ3n) is 3.95. The molecule has 1 heterocycles. The smallest absolute Gasteiger partial charge is 0.224 e. The lowest BCUT2D eigenvalue weighted by molar-refractivity contribution is -0.120. The van der Waals surface area contributed by atoms with E-state index in [1.165, 1.54) is 5.56 Å². The molecule has 4 nitrogen and oxygen atoms in total. The van der Waals surface area contributed by atoms with Gasteiger partial charge in [0.2, 0.25) is 5.91 Å². The van der Waals surface area contributed by atoms with Gasteiger partial charge in [-0.1, -0.05) is 42.5 Å². The van der Waals surface area contributed by atoms with Gasteiger partial charge in [0.15, 0.2) is 0 Å². The van der Waals surface area contributed by atoms with Crippen LogP contribution >= 0.6 is 0 Å². The minimum Gasteiger partial charge on any atom is -0.387 e. The summed E-state index contributed by atoms with van der Waals surface area (Å²) in [7, 11) is 0. The number of aromatic amines is 1. The average Bonchev–Trinajstić information content (AvgIpc) is 2.95. The molecular weight excluding hydrogens is 288 g/mol. The molecular formula is C19H20N2O2. The van der Waals surface area contributed by atoms with Gasteiger partial charge < -0.3 is 15.4 Å². The lowest BCUT2D eigenvalue weighted by atomic mass is 10.1. The van der Waals surface area contributed by atoms with E-state index in [1.54, 1.807) is 0 Å². The van der Waals surface area contributed by atoms with Crippen LogP contribution in [0.5, 0.6) is 0 Å². The second-order valence-electron chi connectivity index (χ2n) is 5.77. The second kappa shape index (κ2) is 6.67. The lowest BCUT2D eigenvalue weighted by Gasteiger charge is -2.12. The molecule has 0 spiro atoms. The Balaban J connectivity index is 1.60. The van der Waals surface area contributed by atoms with Crippen molar-refractivity contribution in [3.63, 3.8) is 0 Å². The first kappa shape index (κ1) is 15.3. The number of aryl methyl sites for hydroxylation is 1. The predicted octanol–water partition coefficient (Wildman–Crippen LogP) is 2.87. The van der Waals surface area contributed by atoms with Gasteiger partial charge in [-0.25, -0.2) is 0 Å². The molecule has 0 radical (unpaired) electrons. The maximum Gasteiger partial charge on any atom is 0.224 e. The number of amides is 1. The number of nitrogens with one attached hydrogen (secondary N) is 2. The zero-order valence-corrected chi connectivity index (χ0v) is 13.0. The fourth-order valence-corrected chi connectivity index (χ4v) is 2.69. The molecule has 3 aromatic rings. The highest BCUT2D eigenvalue weighted by molar-refractivity contribution is 5.89. The summed E-state index contributed by atoms with van der Waals surface area (Å²) in [5, 5.41) is 13.9. The average molecular weight is 308 g/mol. The Labute approximate surface area is 135 Å². The van der Waals surface area contributed by atoms with Crippen LogP contribution < -0.4 is 5.32 Å². The number of rotatable bonds is 5. The van der Waals surface area contributed by atoms with E-state index in [4.69, 9.17) is 0 Å². The molecule has 118 valence electrons. The Morgan fingerprint density at radius 2 is 2.00 bits per heavy atom. The molecule has 3 rings (SSSR count). The number of aliphatic hydroxyl groups excluding tert-OH is 1. The number of hydrogen-bond acceptors (Lipinski definition) is 2. The summed E-state index contributed by atoms with van der Waals surface area (Å²) in [6.45, 7) is 2.25. The van der Waals surface area contributed by atoms with Gasteiger partial charge in [-0.15, -0.1) is 0 Å². The van der Waals surface area contributed by atoms with Gasteiger partial charge in [0.05, 0.1) is 12.5 Å². The number of hydrogen-bond donors (Lipinski definition) is 3. The van der Waals surface area contributed by atoms with Gasteiger partial charge >= 0.3 is 0 Å². The van der Waals surface area contributed by atoms with Gasteiger partial charge in [0.1, 0.15) is 0 Å². The quantitative estimate of drug-likeness (QED) is 0.678. The summed E-state index contributed by atoms with van der Waals surface area (Å²) >= 11 is 0. The van der Waals surface area contributed by atoms with Crippen LogP contribution in [0.4, 0.5) is 0 Å². The highest BCUT2D eigenvalue weighted by Crippen LogP contribution is 2.20. The zero-order chi connectivity index (χ0) is 16.2. The number of carbonyl (C=O) groups is 1. The standard InChI is InChI=1S/C19H20N2O2/c1-13-7-8-16-15(11-20-17(16)9-13)10-19(23)21-12-18(22)14-5-3-2-4-6-14/h2-9,11,18,20,22H,10,12H2,1H3,(H,21,23). The van der Waals surface area contributed by atoms with E-state index in [2.05, 4.69) is 16.4 Å². The normalized spacial score (nSPS) is 12.3. The first-order chi connectivity index (χ1) is 11.1. The van der Waals surface area contributed by atoms with Crippen molar-refractivity contribution in [2.24, 2.45) is 0 Å². The van der Waals surface area contributed by atoms with E-state index < -0.39 is 6.10 Å². The summed E-state index contributed by atoms with van der Waals surface area (Å²) in [6.07, 6.45) is 1.48. The maximum absolute atomic E-state index is 12.1. The van der Waals surface area contributed by atoms with Crippen molar-refractivity contribution in [1.82, 2.24) is 10.3 Å². The molecule has 4 heteroatoms. The van der Waals surface area contributed by atoms with Crippen molar-refractivity contribution in [2.75, 3.05) is 6.54 Å². The third-order valence-corrected chi connectivity index (χ3v) is 3.95. The van der Waals surface area contributed by atoms with Crippen LogP contribution in [0.3, 0.4) is 0 Å². The van der Waals surface area contributed by atoms with Gasteiger partial charge in [-0.3, -0.25) is 4.79 Å². The fourth-order valence-electron chi connectivity index (χ4n) is 2.69.